The van der Waals surface area contributed by atoms with Crippen molar-refractivity contribution in [3.05, 3.63) is 54.1 Å². The lowest BCUT2D eigenvalue weighted by Gasteiger charge is -2.13. The molecule has 0 aliphatic heterocycles. The van der Waals surface area contributed by atoms with E-state index in [0.29, 0.717) is 0 Å². The second-order valence-electron chi connectivity index (χ2n) is 7.29. The topological polar surface area (TPSA) is 9.23 Å². The highest BCUT2D eigenvalue weighted by atomic mass is 16.5. The number of hydrogen-bond donors (Lipinski definition) is 0. The Hall–Kier alpha value is -1.76. The van der Waals surface area contributed by atoms with Gasteiger partial charge in [-0.3, -0.25) is 0 Å². The molecular formula is C25H36O. The van der Waals surface area contributed by atoms with Crippen molar-refractivity contribution in [3.8, 4) is 16.9 Å². The van der Waals surface area contributed by atoms with Gasteiger partial charge in [-0.2, -0.15) is 0 Å². The van der Waals surface area contributed by atoms with Crippen LogP contribution in [0.1, 0.15) is 76.7 Å². The van der Waals surface area contributed by atoms with Gasteiger partial charge in [0.2, 0.25) is 0 Å². The van der Waals surface area contributed by atoms with E-state index in [4.69, 9.17) is 4.74 Å². The van der Waals surface area contributed by atoms with Crippen LogP contribution in [0.15, 0.2) is 48.5 Å². The maximum atomic E-state index is 5.56. The molecule has 142 valence electrons. The molecule has 2 aromatic rings. The number of hydrogen-bond acceptors (Lipinski definition) is 1. The molecule has 2 aromatic carbocycles. The van der Waals surface area contributed by atoms with Gasteiger partial charge in [-0.05, 0) is 30.0 Å². The molecule has 1 nitrogen and oxygen atoms in total. The molecule has 0 spiro atoms. The fraction of sp³-hybridized carbons (Fsp3) is 0.520. The van der Waals surface area contributed by atoms with Crippen LogP contribution in [0, 0.1) is 0 Å². The maximum absolute atomic E-state index is 5.56. The number of rotatable bonds is 13. The quantitative estimate of drug-likeness (QED) is 0.334. The lowest BCUT2D eigenvalue weighted by atomic mass is 9.95. The van der Waals surface area contributed by atoms with Crippen molar-refractivity contribution in [2.75, 3.05) is 7.11 Å². The zero-order valence-electron chi connectivity index (χ0n) is 16.8. The monoisotopic (exact) mass is 352 g/mol. The highest BCUT2D eigenvalue weighted by Gasteiger charge is 2.09. The molecule has 0 atom stereocenters. The largest absolute Gasteiger partial charge is 0.496 e. The van der Waals surface area contributed by atoms with Gasteiger partial charge in [0.15, 0.2) is 0 Å². The Morgan fingerprint density at radius 3 is 1.81 bits per heavy atom. The third kappa shape index (κ3) is 6.86. The van der Waals surface area contributed by atoms with Gasteiger partial charge in [0, 0.05) is 5.56 Å². The fourth-order valence-corrected chi connectivity index (χ4v) is 3.67. The first-order valence-electron chi connectivity index (χ1n) is 10.6. The zero-order chi connectivity index (χ0) is 18.5. The van der Waals surface area contributed by atoms with E-state index in [1.807, 2.05) is 12.1 Å². The molecule has 0 unspecified atom stereocenters. The first-order valence-corrected chi connectivity index (χ1v) is 10.6. The molecule has 0 bridgehead atoms. The van der Waals surface area contributed by atoms with Gasteiger partial charge in [-0.15, -0.1) is 0 Å². The Bertz CT molecular complexity index is 617. The van der Waals surface area contributed by atoms with Gasteiger partial charge in [-0.25, -0.2) is 0 Å². The first kappa shape index (κ1) is 20.6. The van der Waals surface area contributed by atoms with Crippen molar-refractivity contribution in [1.29, 1.82) is 0 Å². The van der Waals surface area contributed by atoms with Gasteiger partial charge in [0.25, 0.3) is 0 Å². The smallest absolute Gasteiger partial charge is 0.126 e. The van der Waals surface area contributed by atoms with E-state index >= 15 is 0 Å². The average Bonchev–Trinajstić information content (AvgIpc) is 2.69. The molecule has 0 aromatic heterocycles. The van der Waals surface area contributed by atoms with Crippen molar-refractivity contribution in [2.24, 2.45) is 0 Å². The number of para-hydroxylation sites is 1. The molecule has 0 N–H and O–H groups in total. The summed E-state index contributed by atoms with van der Waals surface area (Å²) >= 11 is 0. The summed E-state index contributed by atoms with van der Waals surface area (Å²) in [5.74, 6) is 0.961. The Kier molecular flexibility index (Phi) is 9.94. The molecule has 0 fully saturated rings. The average molecular weight is 353 g/mol. The Labute approximate surface area is 160 Å². The number of unbranched alkanes of at least 4 members (excludes halogenated alkanes) is 9. The molecule has 2 rings (SSSR count). The minimum absolute atomic E-state index is 0.961. The molecule has 26 heavy (non-hydrogen) atoms. The second kappa shape index (κ2) is 12.6. The van der Waals surface area contributed by atoms with Crippen LogP contribution in [0.2, 0.25) is 0 Å². The summed E-state index contributed by atoms with van der Waals surface area (Å²) < 4.78 is 5.56. The number of benzene rings is 2. The second-order valence-corrected chi connectivity index (χ2v) is 7.29. The predicted octanol–water partition coefficient (Wildman–Crippen LogP) is 7.83. The highest BCUT2D eigenvalue weighted by Crippen LogP contribution is 2.32. The lowest BCUT2D eigenvalue weighted by Crippen LogP contribution is -1.93. The van der Waals surface area contributed by atoms with E-state index in [0.717, 1.165) is 12.2 Å². The summed E-state index contributed by atoms with van der Waals surface area (Å²) in [6.45, 7) is 2.28. The van der Waals surface area contributed by atoms with E-state index in [1.165, 1.54) is 80.9 Å². The standard InChI is InChI=1S/C25H36O/c1-3-4-5-6-7-8-9-10-11-12-17-22-18-13-14-19-23(22)24-20-15-16-21-25(24)26-2/h13-16,18-21H,3-12,17H2,1-2H3. The normalized spacial score (nSPS) is 10.8. The van der Waals surface area contributed by atoms with Crippen molar-refractivity contribution in [3.63, 3.8) is 0 Å². The zero-order valence-corrected chi connectivity index (χ0v) is 16.8. The molecule has 0 aliphatic rings. The van der Waals surface area contributed by atoms with Crippen LogP contribution in [0.25, 0.3) is 11.1 Å². The van der Waals surface area contributed by atoms with Gasteiger partial charge in [0.05, 0.1) is 7.11 Å². The van der Waals surface area contributed by atoms with E-state index in [-0.39, 0.29) is 0 Å². The van der Waals surface area contributed by atoms with Crippen molar-refractivity contribution in [1.82, 2.24) is 0 Å². The fourth-order valence-electron chi connectivity index (χ4n) is 3.67. The number of ether oxygens (including phenoxy) is 1. The van der Waals surface area contributed by atoms with Gasteiger partial charge < -0.3 is 4.74 Å². The van der Waals surface area contributed by atoms with E-state index < -0.39 is 0 Å². The maximum Gasteiger partial charge on any atom is 0.126 e. The van der Waals surface area contributed by atoms with Crippen LogP contribution in [0.4, 0.5) is 0 Å². The lowest BCUT2D eigenvalue weighted by molar-refractivity contribution is 0.416. The van der Waals surface area contributed by atoms with Crippen molar-refractivity contribution >= 4 is 0 Å². The summed E-state index contributed by atoms with van der Waals surface area (Å²) in [4.78, 5) is 0. The third-order valence-electron chi connectivity index (χ3n) is 5.21. The minimum atomic E-state index is 0.961. The number of aryl methyl sites for hydroxylation is 1. The Morgan fingerprint density at radius 2 is 1.15 bits per heavy atom. The SMILES string of the molecule is CCCCCCCCCCCCc1ccccc1-c1ccccc1OC. The Balaban J connectivity index is 1.75. The molecule has 0 heterocycles. The summed E-state index contributed by atoms with van der Waals surface area (Å²) in [6, 6.07) is 17.1. The van der Waals surface area contributed by atoms with Crippen LogP contribution in [0.5, 0.6) is 5.75 Å². The van der Waals surface area contributed by atoms with E-state index in [1.54, 1.807) is 7.11 Å². The molecule has 0 saturated carbocycles. The van der Waals surface area contributed by atoms with E-state index in [2.05, 4.69) is 43.3 Å². The van der Waals surface area contributed by atoms with Crippen LogP contribution in [-0.4, -0.2) is 7.11 Å². The molecule has 1 heteroatoms. The molecule has 0 radical (unpaired) electrons. The Morgan fingerprint density at radius 1 is 0.615 bits per heavy atom. The summed E-state index contributed by atoms with van der Waals surface area (Å²) in [6.07, 6.45) is 15.0. The highest BCUT2D eigenvalue weighted by molar-refractivity contribution is 5.73. The molecule has 0 amide bonds. The van der Waals surface area contributed by atoms with Crippen LogP contribution in [0.3, 0.4) is 0 Å². The van der Waals surface area contributed by atoms with Gasteiger partial charge in [0.1, 0.15) is 5.75 Å². The van der Waals surface area contributed by atoms with Gasteiger partial charge in [-0.1, -0.05) is 107 Å². The first-order chi connectivity index (χ1) is 12.9. The summed E-state index contributed by atoms with van der Waals surface area (Å²) in [7, 11) is 1.75. The number of methoxy groups -OCH3 is 1. The van der Waals surface area contributed by atoms with Crippen LogP contribution in [-0.2, 0) is 6.42 Å². The molecular weight excluding hydrogens is 316 g/mol. The van der Waals surface area contributed by atoms with E-state index in [9.17, 15) is 0 Å². The minimum Gasteiger partial charge on any atom is -0.496 e. The van der Waals surface area contributed by atoms with Crippen LogP contribution < -0.4 is 4.74 Å². The summed E-state index contributed by atoms with van der Waals surface area (Å²) in [5, 5.41) is 0. The van der Waals surface area contributed by atoms with Gasteiger partial charge >= 0.3 is 0 Å². The van der Waals surface area contributed by atoms with Crippen molar-refractivity contribution in [2.45, 2.75) is 77.6 Å². The summed E-state index contributed by atoms with van der Waals surface area (Å²) in [5.41, 5.74) is 3.97. The molecule has 0 saturated heterocycles. The third-order valence-corrected chi connectivity index (χ3v) is 5.21. The van der Waals surface area contributed by atoms with Crippen LogP contribution >= 0.6 is 0 Å². The predicted molar refractivity (Wildman–Crippen MR) is 114 cm³/mol. The van der Waals surface area contributed by atoms with Crippen molar-refractivity contribution < 1.29 is 4.74 Å². The molecule has 0 aliphatic carbocycles.